The van der Waals surface area contributed by atoms with Gasteiger partial charge in [0.1, 0.15) is 5.82 Å². The lowest BCUT2D eigenvalue weighted by molar-refractivity contribution is 0.254. The molecule has 1 aromatic heterocycles. The van der Waals surface area contributed by atoms with Gasteiger partial charge in [0.2, 0.25) is 0 Å². The summed E-state index contributed by atoms with van der Waals surface area (Å²) in [5.74, 6) is 2.68. The number of benzene rings is 1. The van der Waals surface area contributed by atoms with E-state index in [-0.39, 0.29) is 5.41 Å². The minimum absolute atomic E-state index is 0.261. The maximum atomic E-state index is 6.18. The number of aromatic nitrogens is 1. The Morgan fingerprint density at radius 1 is 1.06 bits per heavy atom. The molecule has 1 aliphatic heterocycles. The third-order valence-corrected chi connectivity index (χ3v) is 6.70. The van der Waals surface area contributed by atoms with Crippen molar-refractivity contribution in [2.75, 3.05) is 45.2 Å². The second-order valence-corrected chi connectivity index (χ2v) is 9.99. The van der Waals surface area contributed by atoms with Gasteiger partial charge < -0.3 is 19.7 Å². The lowest BCUT2D eigenvalue weighted by atomic mass is 9.90. The van der Waals surface area contributed by atoms with E-state index in [4.69, 9.17) is 14.5 Å². The van der Waals surface area contributed by atoms with Crippen molar-refractivity contribution < 1.29 is 9.47 Å². The zero-order valence-corrected chi connectivity index (χ0v) is 19.9. The van der Waals surface area contributed by atoms with E-state index in [2.05, 4.69) is 43.1 Å². The standard InChI is InChI=1S/C26H39N3O2/c1-5-6-10-27-25-21-18-26(2,3)17-20(21)19-15-23(30-4)24(16-22(19)28-25)31-14-9-13-29-11-7-8-12-29/h15-16H,5-14,17-18H2,1-4H3,(H,27,28). The number of pyridine rings is 1. The summed E-state index contributed by atoms with van der Waals surface area (Å²) in [5.41, 5.74) is 4.07. The maximum Gasteiger partial charge on any atom is 0.163 e. The van der Waals surface area contributed by atoms with Crippen molar-refractivity contribution in [1.29, 1.82) is 0 Å². The van der Waals surface area contributed by atoms with E-state index in [9.17, 15) is 0 Å². The van der Waals surface area contributed by atoms with Crippen LogP contribution in [-0.4, -0.2) is 49.8 Å². The molecule has 1 N–H and O–H groups in total. The van der Waals surface area contributed by atoms with Gasteiger partial charge in [-0.3, -0.25) is 0 Å². The second kappa shape index (κ2) is 9.64. The highest BCUT2D eigenvalue weighted by Crippen LogP contribution is 2.44. The molecule has 1 aliphatic carbocycles. The fourth-order valence-electron chi connectivity index (χ4n) is 5.07. The van der Waals surface area contributed by atoms with Crippen LogP contribution in [0, 0.1) is 5.41 Å². The van der Waals surface area contributed by atoms with Gasteiger partial charge in [0.05, 0.1) is 19.2 Å². The van der Waals surface area contributed by atoms with Gasteiger partial charge in [-0.25, -0.2) is 4.98 Å². The van der Waals surface area contributed by atoms with E-state index >= 15 is 0 Å². The van der Waals surface area contributed by atoms with Gasteiger partial charge in [0.15, 0.2) is 11.5 Å². The van der Waals surface area contributed by atoms with E-state index in [1.54, 1.807) is 7.11 Å². The van der Waals surface area contributed by atoms with Crippen LogP contribution in [0.2, 0.25) is 0 Å². The zero-order chi connectivity index (χ0) is 21.8. The lowest BCUT2D eigenvalue weighted by Gasteiger charge is -2.17. The van der Waals surface area contributed by atoms with Gasteiger partial charge in [0, 0.05) is 24.5 Å². The van der Waals surface area contributed by atoms with E-state index in [1.807, 2.05) is 0 Å². The van der Waals surface area contributed by atoms with Crippen molar-refractivity contribution in [3.05, 3.63) is 23.3 Å². The SMILES string of the molecule is CCCCNc1nc2cc(OCCCN3CCCC3)c(OC)cc2c2c1CC(C)(C)C2. The van der Waals surface area contributed by atoms with Crippen LogP contribution >= 0.6 is 0 Å². The van der Waals surface area contributed by atoms with Gasteiger partial charge in [-0.05, 0) is 74.2 Å². The summed E-state index contributed by atoms with van der Waals surface area (Å²) in [6.07, 6.45) is 8.19. The topological polar surface area (TPSA) is 46.6 Å². The van der Waals surface area contributed by atoms with Gasteiger partial charge in [-0.15, -0.1) is 0 Å². The summed E-state index contributed by atoms with van der Waals surface area (Å²) >= 11 is 0. The zero-order valence-electron chi connectivity index (χ0n) is 19.9. The number of ether oxygens (including phenoxy) is 2. The minimum Gasteiger partial charge on any atom is -0.493 e. The Labute approximate surface area is 187 Å². The molecule has 31 heavy (non-hydrogen) atoms. The number of rotatable bonds is 10. The summed E-state index contributed by atoms with van der Waals surface area (Å²) < 4.78 is 11.9. The molecule has 2 aromatic rings. The number of nitrogens with one attached hydrogen (secondary N) is 1. The second-order valence-electron chi connectivity index (χ2n) is 9.99. The summed E-state index contributed by atoms with van der Waals surface area (Å²) in [4.78, 5) is 7.59. The number of likely N-dealkylation sites (tertiary alicyclic amines) is 1. The molecule has 5 nitrogen and oxygen atoms in total. The first-order valence-electron chi connectivity index (χ1n) is 12.1. The van der Waals surface area contributed by atoms with Gasteiger partial charge in [-0.1, -0.05) is 27.2 Å². The Balaban J connectivity index is 1.58. The third-order valence-electron chi connectivity index (χ3n) is 6.70. The monoisotopic (exact) mass is 425 g/mol. The smallest absolute Gasteiger partial charge is 0.163 e. The highest BCUT2D eigenvalue weighted by Gasteiger charge is 2.33. The fourth-order valence-corrected chi connectivity index (χ4v) is 5.07. The third kappa shape index (κ3) is 5.08. The van der Waals surface area contributed by atoms with Crippen molar-refractivity contribution in [1.82, 2.24) is 9.88 Å². The number of hydrogen-bond acceptors (Lipinski definition) is 5. The van der Waals surface area contributed by atoms with E-state index in [0.29, 0.717) is 6.61 Å². The van der Waals surface area contributed by atoms with Gasteiger partial charge in [-0.2, -0.15) is 0 Å². The molecular weight excluding hydrogens is 386 g/mol. The normalized spacial score (nSPS) is 17.8. The average molecular weight is 426 g/mol. The van der Waals surface area contributed by atoms with E-state index in [1.165, 1.54) is 48.9 Å². The number of anilines is 1. The maximum absolute atomic E-state index is 6.18. The Bertz CT molecular complexity index is 903. The highest BCUT2D eigenvalue weighted by molar-refractivity contribution is 5.89. The van der Waals surface area contributed by atoms with Gasteiger partial charge >= 0.3 is 0 Å². The molecule has 0 radical (unpaired) electrons. The molecule has 1 aromatic carbocycles. The van der Waals surface area contributed by atoms with Crippen LogP contribution < -0.4 is 14.8 Å². The average Bonchev–Trinajstić information content (AvgIpc) is 3.37. The van der Waals surface area contributed by atoms with Crippen molar-refractivity contribution in [2.45, 2.75) is 65.7 Å². The molecule has 1 fully saturated rings. The Morgan fingerprint density at radius 3 is 2.58 bits per heavy atom. The molecule has 0 atom stereocenters. The molecule has 0 saturated carbocycles. The minimum atomic E-state index is 0.261. The largest absolute Gasteiger partial charge is 0.493 e. The molecule has 2 heterocycles. The van der Waals surface area contributed by atoms with Gasteiger partial charge in [0.25, 0.3) is 0 Å². The molecule has 1 saturated heterocycles. The first-order chi connectivity index (χ1) is 15.0. The quantitative estimate of drug-likeness (QED) is 0.513. The van der Waals surface area contributed by atoms with Crippen LogP contribution in [0.15, 0.2) is 12.1 Å². The fraction of sp³-hybridized carbons (Fsp3) is 0.654. The Kier molecular flexibility index (Phi) is 6.90. The summed E-state index contributed by atoms with van der Waals surface area (Å²) in [5, 5.41) is 4.83. The molecule has 170 valence electrons. The summed E-state index contributed by atoms with van der Waals surface area (Å²) in [6.45, 7) is 12.2. The Hall–Kier alpha value is -2.01. The van der Waals surface area contributed by atoms with Crippen LogP contribution in [-0.2, 0) is 12.8 Å². The molecule has 4 rings (SSSR count). The first-order valence-corrected chi connectivity index (χ1v) is 12.1. The Morgan fingerprint density at radius 2 is 1.84 bits per heavy atom. The number of fused-ring (bicyclic) bond motifs is 3. The number of nitrogens with zero attached hydrogens (tertiary/aromatic N) is 2. The summed E-state index contributed by atoms with van der Waals surface area (Å²) in [6, 6.07) is 4.23. The van der Waals surface area contributed by atoms with Crippen molar-refractivity contribution in [3.63, 3.8) is 0 Å². The molecule has 0 spiro atoms. The van der Waals surface area contributed by atoms with Crippen LogP contribution in [0.5, 0.6) is 11.5 Å². The van der Waals surface area contributed by atoms with Crippen LogP contribution in [0.4, 0.5) is 5.82 Å². The molecule has 0 amide bonds. The van der Waals surface area contributed by atoms with E-state index in [0.717, 1.165) is 61.6 Å². The molecule has 5 heteroatoms. The predicted octanol–water partition coefficient (Wildman–Crippen LogP) is 5.44. The number of hydrogen-bond donors (Lipinski definition) is 1. The predicted molar refractivity (Wildman–Crippen MR) is 129 cm³/mol. The highest BCUT2D eigenvalue weighted by atomic mass is 16.5. The molecular formula is C26H39N3O2. The van der Waals surface area contributed by atoms with Crippen LogP contribution in [0.25, 0.3) is 10.9 Å². The number of unbranched alkanes of at least 4 members (excludes halogenated alkanes) is 1. The van der Waals surface area contributed by atoms with Crippen molar-refractivity contribution in [3.8, 4) is 11.5 Å². The first kappa shape index (κ1) is 22.2. The lowest BCUT2D eigenvalue weighted by Crippen LogP contribution is -2.21. The van der Waals surface area contributed by atoms with Crippen molar-refractivity contribution in [2.24, 2.45) is 5.41 Å². The molecule has 2 aliphatic rings. The van der Waals surface area contributed by atoms with Crippen LogP contribution in [0.1, 0.15) is 64.0 Å². The number of methoxy groups -OCH3 is 1. The summed E-state index contributed by atoms with van der Waals surface area (Å²) in [7, 11) is 1.73. The molecule has 0 unspecified atom stereocenters. The molecule has 0 bridgehead atoms. The van der Waals surface area contributed by atoms with E-state index < -0.39 is 0 Å². The van der Waals surface area contributed by atoms with Crippen LogP contribution in [0.3, 0.4) is 0 Å². The van der Waals surface area contributed by atoms with Crippen molar-refractivity contribution >= 4 is 16.7 Å².